The lowest BCUT2D eigenvalue weighted by Gasteiger charge is -2.33. The predicted molar refractivity (Wildman–Crippen MR) is 96.3 cm³/mol. The number of rotatable bonds is 6. The Hall–Kier alpha value is -1.30. The van der Waals surface area contributed by atoms with E-state index >= 15 is 0 Å². The molecule has 1 aromatic carbocycles. The van der Waals surface area contributed by atoms with Crippen molar-refractivity contribution in [2.75, 3.05) is 31.6 Å². The van der Waals surface area contributed by atoms with E-state index in [2.05, 4.69) is 17.1 Å². The van der Waals surface area contributed by atoms with Gasteiger partial charge in [-0.1, -0.05) is 0 Å². The molecule has 1 saturated heterocycles. The molecule has 0 spiro atoms. The predicted octanol–water partition coefficient (Wildman–Crippen LogP) is 2.50. The molecule has 5 nitrogen and oxygen atoms in total. The van der Waals surface area contributed by atoms with Gasteiger partial charge in [0.1, 0.15) is 5.75 Å². The van der Waals surface area contributed by atoms with E-state index in [1.807, 2.05) is 31.2 Å². The van der Waals surface area contributed by atoms with Gasteiger partial charge in [-0.3, -0.25) is 9.69 Å². The summed E-state index contributed by atoms with van der Waals surface area (Å²) in [4.78, 5) is 14.3. The minimum atomic E-state index is 0. The summed E-state index contributed by atoms with van der Waals surface area (Å²) in [6.07, 6.45) is 2.15. The molecule has 1 atom stereocenters. The summed E-state index contributed by atoms with van der Waals surface area (Å²) in [6.45, 7) is 7.00. The number of hydrogen-bond acceptors (Lipinski definition) is 4. The summed E-state index contributed by atoms with van der Waals surface area (Å²) >= 11 is 0. The van der Waals surface area contributed by atoms with E-state index in [0.29, 0.717) is 19.1 Å². The Bertz CT molecular complexity index is 471. The second-order valence-corrected chi connectivity index (χ2v) is 5.98. The Balaban J connectivity index is 0.00000264. The highest BCUT2D eigenvalue weighted by atomic mass is 35.5. The van der Waals surface area contributed by atoms with Crippen LogP contribution in [0.2, 0.25) is 0 Å². The Morgan fingerprint density at radius 2 is 1.96 bits per heavy atom. The van der Waals surface area contributed by atoms with E-state index in [1.54, 1.807) is 0 Å². The Morgan fingerprint density at radius 1 is 1.35 bits per heavy atom. The largest absolute Gasteiger partial charge is 0.494 e. The number of likely N-dealkylation sites (tertiary alicyclic amines) is 1. The molecule has 1 fully saturated rings. The van der Waals surface area contributed by atoms with Crippen molar-refractivity contribution in [1.29, 1.82) is 0 Å². The van der Waals surface area contributed by atoms with Crippen LogP contribution in [-0.4, -0.2) is 43.1 Å². The van der Waals surface area contributed by atoms with Gasteiger partial charge in [-0.15, -0.1) is 12.4 Å². The molecular formula is C17H28ClN3O2. The number of anilines is 1. The molecule has 1 aliphatic heterocycles. The number of nitrogens with two attached hydrogens (primary N) is 1. The van der Waals surface area contributed by atoms with Crippen LogP contribution in [0.5, 0.6) is 5.75 Å². The van der Waals surface area contributed by atoms with Crippen molar-refractivity contribution in [3.05, 3.63) is 24.3 Å². The maximum Gasteiger partial charge on any atom is 0.238 e. The van der Waals surface area contributed by atoms with Crippen LogP contribution in [0.15, 0.2) is 24.3 Å². The fraction of sp³-hybridized carbons (Fsp3) is 0.588. The van der Waals surface area contributed by atoms with Gasteiger partial charge in [-0.25, -0.2) is 0 Å². The Kier molecular flexibility index (Phi) is 8.37. The monoisotopic (exact) mass is 341 g/mol. The molecule has 0 aromatic heterocycles. The fourth-order valence-electron chi connectivity index (χ4n) is 2.84. The normalized spacial score (nSPS) is 17.2. The molecular weight excluding hydrogens is 314 g/mol. The second kappa shape index (κ2) is 9.75. The van der Waals surface area contributed by atoms with Crippen LogP contribution in [0.1, 0.15) is 26.7 Å². The quantitative estimate of drug-likeness (QED) is 0.834. The summed E-state index contributed by atoms with van der Waals surface area (Å²) in [7, 11) is 0. The summed E-state index contributed by atoms with van der Waals surface area (Å²) in [5.74, 6) is 1.44. The third-order valence-electron chi connectivity index (χ3n) is 4.19. The van der Waals surface area contributed by atoms with Crippen LogP contribution in [0.3, 0.4) is 0 Å². The van der Waals surface area contributed by atoms with Gasteiger partial charge in [0.2, 0.25) is 5.91 Å². The van der Waals surface area contributed by atoms with Crippen LogP contribution in [0.25, 0.3) is 0 Å². The molecule has 1 aliphatic rings. The van der Waals surface area contributed by atoms with Crippen molar-refractivity contribution in [1.82, 2.24) is 4.90 Å². The van der Waals surface area contributed by atoms with E-state index in [-0.39, 0.29) is 24.4 Å². The zero-order chi connectivity index (χ0) is 15.9. The molecule has 23 heavy (non-hydrogen) atoms. The van der Waals surface area contributed by atoms with Crippen molar-refractivity contribution in [2.24, 2.45) is 11.7 Å². The van der Waals surface area contributed by atoms with E-state index in [0.717, 1.165) is 37.4 Å². The van der Waals surface area contributed by atoms with Crippen molar-refractivity contribution < 1.29 is 9.53 Å². The molecule has 130 valence electrons. The maximum absolute atomic E-state index is 12.1. The number of piperidine rings is 1. The molecule has 1 heterocycles. The average molecular weight is 342 g/mol. The molecule has 2 rings (SSSR count). The number of ether oxygens (including phenoxy) is 1. The lowest BCUT2D eigenvalue weighted by atomic mass is 9.91. The Labute approximate surface area is 145 Å². The van der Waals surface area contributed by atoms with Gasteiger partial charge in [0.15, 0.2) is 0 Å². The first kappa shape index (κ1) is 19.7. The van der Waals surface area contributed by atoms with Crippen molar-refractivity contribution in [3.63, 3.8) is 0 Å². The third-order valence-corrected chi connectivity index (χ3v) is 4.19. The van der Waals surface area contributed by atoms with Gasteiger partial charge in [0.25, 0.3) is 0 Å². The SMILES string of the molecule is CCOc1ccc(NC(=O)CN2CCC(C(C)N)CC2)cc1.Cl. The summed E-state index contributed by atoms with van der Waals surface area (Å²) < 4.78 is 5.39. The number of halogens is 1. The summed E-state index contributed by atoms with van der Waals surface area (Å²) in [6, 6.07) is 7.72. The highest BCUT2D eigenvalue weighted by molar-refractivity contribution is 5.92. The van der Waals surface area contributed by atoms with Crippen LogP contribution in [0.4, 0.5) is 5.69 Å². The van der Waals surface area contributed by atoms with Gasteiger partial charge in [0, 0.05) is 11.7 Å². The van der Waals surface area contributed by atoms with Crippen molar-refractivity contribution >= 4 is 24.0 Å². The van der Waals surface area contributed by atoms with Crippen LogP contribution >= 0.6 is 12.4 Å². The number of amides is 1. The van der Waals surface area contributed by atoms with E-state index < -0.39 is 0 Å². The number of carbonyl (C=O) groups excluding carboxylic acids is 1. The zero-order valence-corrected chi connectivity index (χ0v) is 14.8. The molecule has 0 radical (unpaired) electrons. The van der Waals surface area contributed by atoms with Crippen LogP contribution < -0.4 is 15.8 Å². The van der Waals surface area contributed by atoms with Gasteiger partial charge in [-0.05, 0) is 70.0 Å². The van der Waals surface area contributed by atoms with Gasteiger partial charge in [-0.2, -0.15) is 0 Å². The number of carbonyl (C=O) groups is 1. The smallest absolute Gasteiger partial charge is 0.238 e. The van der Waals surface area contributed by atoms with Crippen molar-refractivity contribution in [2.45, 2.75) is 32.7 Å². The van der Waals surface area contributed by atoms with E-state index in [9.17, 15) is 4.79 Å². The average Bonchev–Trinajstić information content (AvgIpc) is 2.50. The maximum atomic E-state index is 12.1. The van der Waals surface area contributed by atoms with Gasteiger partial charge < -0.3 is 15.8 Å². The lowest BCUT2D eigenvalue weighted by molar-refractivity contribution is -0.117. The van der Waals surface area contributed by atoms with Crippen LogP contribution in [-0.2, 0) is 4.79 Å². The zero-order valence-electron chi connectivity index (χ0n) is 14.0. The molecule has 1 amide bonds. The van der Waals surface area contributed by atoms with Crippen molar-refractivity contribution in [3.8, 4) is 5.75 Å². The van der Waals surface area contributed by atoms with Gasteiger partial charge in [0.05, 0.1) is 13.2 Å². The number of benzene rings is 1. The fourth-order valence-corrected chi connectivity index (χ4v) is 2.84. The van der Waals surface area contributed by atoms with E-state index in [1.165, 1.54) is 0 Å². The standard InChI is InChI=1S/C17H27N3O2.ClH/c1-3-22-16-6-4-15(5-7-16)19-17(21)12-20-10-8-14(9-11-20)13(2)18;/h4-7,13-14H,3,8-12,18H2,1-2H3,(H,19,21);1H. The first-order chi connectivity index (χ1) is 10.6. The van der Waals surface area contributed by atoms with Crippen LogP contribution in [0, 0.1) is 5.92 Å². The molecule has 3 N–H and O–H groups in total. The van der Waals surface area contributed by atoms with Gasteiger partial charge >= 0.3 is 0 Å². The molecule has 0 aliphatic carbocycles. The second-order valence-electron chi connectivity index (χ2n) is 5.98. The molecule has 6 heteroatoms. The third kappa shape index (κ3) is 6.37. The molecule has 0 saturated carbocycles. The first-order valence-corrected chi connectivity index (χ1v) is 8.09. The highest BCUT2D eigenvalue weighted by Crippen LogP contribution is 2.19. The number of hydrogen-bond donors (Lipinski definition) is 2. The number of nitrogens with zero attached hydrogens (tertiary/aromatic N) is 1. The highest BCUT2D eigenvalue weighted by Gasteiger charge is 2.22. The van der Waals surface area contributed by atoms with E-state index in [4.69, 9.17) is 10.5 Å². The molecule has 1 unspecified atom stereocenters. The summed E-state index contributed by atoms with van der Waals surface area (Å²) in [5.41, 5.74) is 6.75. The molecule has 1 aromatic rings. The first-order valence-electron chi connectivity index (χ1n) is 8.09. The molecule has 0 bridgehead atoms. The Morgan fingerprint density at radius 3 is 2.48 bits per heavy atom. The lowest BCUT2D eigenvalue weighted by Crippen LogP contribution is -2.42. The number of nitrogens with one attached hydrogen (secondary N) is 1. The minimum Gasteiger partial charge on any atom is -0.494 e. The topological polar surface area (TPSA) is 67.6 Å². The summed E-state index contributed by atoms with van der Waals surface area (Å²) in [5, 5.41) is 2.93. The minimum absolute atomic E-state index is 0.